The van der Waals surface area contributed by atoms with Gasteiger partial charge in [-0.1, -0.05) is 42.8 Å². The van der Waals surface area contributed by atoms with Crippen molar-refractivity contribution in [1.29, 1.82) is 0 Å². The summed E-state index contributed by atoms with van der Waals surface area (Å²) in [7, 11) is -0.229. The van der Waals surface area contributed by atoms with E-state index in [4.69, 9.17) is 0 Å². The number of hydrogen-bond donors (Lipinski definition) is 1. The molecule has 1 spiro atoms. The number of likely N-dealkylation sites (N-methyl/N-ethyl adjacent to an activating group) is 1. The molecule has 0 saturated carbocycles. The Morgan fingerprint density at radius 2 is 1.76 bits per heavy atom. The molecule has 0 aromatic heterocycles. The lowest BCUT2D eigenvalue weighted by atomic mass is 9.82. The number of ketones is 1. The van der Waals surface area contributed by atoms with Crippen molar-refractivity contribution >= 4 is 39.1 Å². The van der Waals surface area contributed by atoms with Crippen LogP contribution in [0.5, 0.6) is 0 Å². The number of para-hydroxylation sites is 1. The predicted octanol–water partition coefficient (Wildman–Crippen LogP) is 2.53. The van der Waals surface area contributed by atoms with Crippen molar-refractivity contribution in [2.45, 2.75) is 29.7 Å². The summed E-state index contributed by atoms with van der Waals surface area (Å²) in [4.78, 5) is 46.2. The molecule has 216 valence electrons. The monoisotopic (exact) mass is 578 g/mol. The van der Waals surface area contributed by atoms with Crippen LogP contribution >= 0.6 is 0 Å². The molecule has 3 heterocycles. The number of fused-ring (bicyclic) bond motifs is 2. The quantitative estimate of drug-likeness (QED) is 0.221. The maximum Gasteiger partial charge on any atom is 0.296 e. The van der Waals surface area contributed by atoms with Crippen LogP contribution in [0, 0.1) is 0 Å². The fourth-order valence-corrected chi connectivity index (χ4v) is 7.54. The van der Waals surface area contributed by atoms with Crippen molar-refractivity contribution in [2.75, 3.05) is 51.7 Å². The van der Waals surface area contributed by atoms with E-state index < -0.39 is 38.9 Å². The van der Waals surface area contributed by atoms with E-state index in [1.54, 1.807) is 30.3 Å². The number of Topliss-reactive ketones (excluding diaryl/α,β-unsaturated/α-hetero) is 1. The van der Waals surface area contributed by atoms with Crippen LogP contribution in [0.4, 0.5) is 5.69 Å². The van der Waals surface area contributed by atoms with Gasteiger partial charge in [-0.25, -0.2) is 8.42 Å². The third kappa shape index (κ3) is 4.48. The molecular weight excluding hydrogens is 544 g/mol. The first-order valence-electron chi connectivity index (χ1n) is 13.6. The van der Waals surface area contributed by atoms with Crippen LogP contribution in [0.15, 0.2) is 71.7 Å². The molecule has 3 aliphatic rings. The summed E-state index contributed by atoms with van der Waals surface area (Å²) in [6, 6.07) is 12.6. The number of nitrogens with zero attached hydrogens (tertiary/aromatic N) is 4. The van der Waals surface area contributed by atoms with Crippen molar-refractivity contribution in [3.63, 3.8) is 0 Å². The zero-order valence-electron chi connectivity index (χ0n) is 23.2. The molecule has 1 N–H and O–H groups in total. The highest BCUT2D eigenvalue weighted by Crippen LogP contribution is 2.53. The summed E-state index contributed by atoms with van der Waals surface area (Å²) >= 11 is 0. The highest BCUT2D eigenvalue weighted by Gasteiger charge is 2.66. The van der Waals surface area contributed by atoms with Gasteiger partial charge in [-0.2, -0.15) is 4.31 Å². The fraction of sp³-hybridized carbons (Fsp3) is 0.367. The van der Waals surface area contributed by atoms with E-state index in [1.165, 1.54) is 38.4 Å². The molecule has 0 aliphatic carbocycles. The summed E-state index contributed by atoms with van der Waals surface area (Å²) in [6.07, 6.45) is 4.03. The van der Waals surface area contributed by atoms with Gasteiger partial charge in [0.15, 0.2) is 5.54 Å². The molecule has 41 heavy (non-hydrogen) atoms. The number of aliphatic hydroxyl groups excluding tert-OH is 1. The standard InChI is InChI=1S/C30H34N4O6S/c1-4-15-33-24-14-7-6-13-23(24)30(29(33)38)25(27(36)28(37)34(30)19-18-31(2)3)26(35)21-11-10-12-22(20-21)41(39,40)32-16-8-5-9-17-32/h4,6-7,10-14,20,35H,1,5,8-9,15-19H2,2-3H3/t30-/m1/s1. The Morgan fingerprint density at radius 3 is 2.44 bits per heavy atom. The largest absolute Gasteiger partial charge is 0.507 e. The van der Waals surface area contributed by atoms with Gasteiger partial charge in [0, 0.05) is 43.9 Å². The maximum atomic E-state index is 14.4. The normalized spacial score (nSPS) is 22.7. The maximum absolute atomic E-state index is 14.4. The fourth-order valence-electron chi connectivity index (χ4n) is 5.98. The Labute approximate surface area is 240 Å². The summed E-state index contributed by atoms with van der Waals surface area (Å²) in [5.41, 5.74) is -1.38. The van der Waals surface area contributed by atoms with Gasteiger partial charge in [-0.15, -0.1) is 6.58 Å². The van der Waals surface area contributed by atoms with Gasteiger partial charge in [0.05, 0.1) is 16.2 Å². The number of anilines is 1. The Kier molecular flexibility index (Phi) is 7.62. The number of benzene rings is 2. The highest BCUT2D eigenvalue weighted by atomic mass is 32.2. The number of carbonyl (C=O) groups is 3. The van der Waals surface area contributed by atoms with Gasteiger partial charge < -0.3 is 19.8 Å². The first-order chi connectivity index (χ1) is 19.6. The molecule has 11 heteroatoms. The summed E-state index contributed by atoms with van der Waals surface area (Å²) in [6.45, 7) is 5.09. The van der Waals surface area contributed by atoms with Crippen LogP contribution < -0.4 is 4.90 Å². The zero-order valence-corrected chi connectivity index (χ0v) is 24.1. The molecule has 0 unspecified atom stereocenters. The SMILES string of the molecule is C=CCN1C(=O)[C@]2(C(=C(O)c3cccc(S(=O)(=O)N4CCCCC4)c3)C(=O)C(=O)N2CCN(C)C)c2ccccc21. The molecule has 0 bridgehead atoms. The number of amides is 2. The van der Waals surface area contributed by atoms with Crippen molar-refractivity contribution in [3.8, 4) is 0 Å². The number of rotatable bonds is 8. The molecule has 2 amide bonds. The molecule has 0 radical (unpaired) electrons. The predicted molar refractivity (Wildman–Crippen MR) is 155 cm³/mol. The number of carbonyl (C=O) groups excluding carboxylic acids is 3. The van der Waals surface area contributed by atoms with E-state index in [9.17, 15) is 27.9 Å². The molecule has 3 aliphatic heterocycles. The first-order valence-corrected chi connectivity index (χ1v) is 15.1. The van der Waals surface area contributed by atoms with E-state index in [2.05, 4.69) is 6.58 Å². The molecular formula is C30H34N4O6S. The molecule has 5 rings (SSSR count). The minimum absolute atomic E-state index is 0.0283. The summed E-state index contributed by atoms with van der Waals surface area (Å²) in [5.74, 6) is -3.08. The topological polar surface area (TPSA) is 119 Å². The summed E-state index contributed by atoms with van der Waals surface area (Å²) < 4.78 is 28.2. The van der Waals surface area contributed by atoms with Crippen LogP contribution in [0.25, 0.3) is 5.76 Å². The molecule has 2 aromatic carbocycles. The second-order valence-electron chi connectivity index (χ2n) is 10.7. The lowest BCUT2D eigenvalue weighted by Crippen LogP contribution is -2.53. The van der Waals surface area contributed by atoms with Gasteiger partial charge in [0.2, 0.25) is 10.0 Å². The van der Waals surface area contributed by atoms with Crippen molar-refractivity contribution in [1.82, 2.24) is 14.1 Å². The Hall–Kier alpha value is -3.80. The molecule has 10 nitrogen and oxygen atoms in total. The number of piperidine rings is 1. The van der Waals surface area contributed by atoms with Gasteiger partial charge in [0.25, 0.3) is 17.6 Å². The zero-order chi connectivity index (χ0) is 29.5. The van der Waals surface area contributed by atoms with E-state index in [0.717, 1.165) is 19.3 Å². The Bertz CT molecular complexity index is 1560. The van der Waals surface area contributed by atoms with Crippen LogP contribution in [0.2, 0.25) is 0 Å². The van der Waals surface area contributed by atoms with Crippen LogP contribution in [0.1, 0.15) is 30.4 Å². The van der Waals surface area contributed by atoms with E-state index in [1.807, 2.05) is 19.0 Å². The smallest absolute Gasteiger partial charge is 0.296 e. The van der Waals surface area contributed by atoms with Crippen molar-refractivity contribution in [3.05, 3.63) is 77.9 Å². The first kappa shape index (κ1) is 28.7. The number of aliphatic hydroxyl groups is 1. The Morgan fingerprint density at radius 1 is 1.05 bits per heavy atom. The lowest BCUT2D eigenvalue weighted by Gasteiger charge is -2.35. The average molecular weight is 579 g/mol. The molecule has 2 saturated heterocycles. The lowest BCUT2D eigenvalue weighted by molar-refractivity contribution is -0.143. The third-order valence-electron chi connectivity index (χ3n) is 7.95. The minimum Gasteiger partial charge on any atom is -0.507 e. The van der Waals surface area contributed by atoms with Gasteiger partial charge in [0.1, 0.15) is 5.76 Å². The second-order valence-corrected chi connectivity index (χ2v) is 12.7. The molecule has 2 fully saturated rings. The van der Waals surface area contributed by atoms with Crippen molar-refractivity contribution in [2.24, 2.45) is 0 Å². The van der Waals surface area contributed by atoms with E-state index in [0.29, 0.717) is 30.9 Å². The van der Waals surface area contributed by atoms with E-state index in [-0.39, 0.29) is 29.1 Å². The Balaban J connectivity index is 1.73. The molecule has 2 aromatic rings. The van der Waals surface area contributed by atoms with Crippen molar-refractivity contribution < 1.29 is 27.9 Å². The van der Waals surface area contributed by atoms with Gasteiger partial charge in [-0.3, -0.25) is 14.4 Å². The molecule has 1 atom stereocenters. The van der Waals surface area contributed by atoms with E-state index >= 15 is 0 Å². The van der Waals surface area contributed by atoms with Crippen LogP contribution in [-0.2, 0) is 29.9 Å². The average Bonchev–Trinajstić information content (AvgIpc) is 3.35. The van der Waals surface area contributed by atoms with Gasteiger partial charge in [-0.05, 0) is 45.1 Å². The van der Waals surface area contributed by atoms with Crippen LogP contribution in [-0.4, -0.2) is 92.0 Å². The number of likely N-dealkylation sites (tertiary alicyclic amines) is 1. The second kappa shape index (κ2) is 10.9. The highest BCUT2D eigenvalue weighted by molar-refractivity contribution is 7.89. The number of hydrogen-bond acceptors (Lipinski definition) is 7. The minimum atomic E-state index is -3.85. The number of sulfonamides is 1. The van der Waals surface area contributed by atoms with Gasteiger partial charge >= 0.3 is 0 Å². The van der Waals surface area contributed by atoms with Crippen LogP contribution in [0.3, 0.4) is 0 Å². The summed E-state index contributed by atoms with van der Waals surface area (Å²) in [5, 5.41) is 11.8. The third-order valence-corrected chi connectivity index (χ3v) is 9.85.